The van der Waals surface area contributed by atoms with E-state index < -0.39 is 12.0 Å². The number of hydrogen-bond donors (Lipinski definition) is 1. The molecule has 4 rings (SSSR count). The molecule has 0 saturated carbocycles. The van der Waals surface area contributed by atoms with Crippen LogP contribution in [0.2, 0.25) is 5.02 Å². The van der Waals surface area contributed by atoms with Gasteiger partial charge in [-0.3, -0.25) is 4.79 Å². The van der Waals surface area contributed by atoms with Gasteiger partial charge in [-0.15, -0.1) is 0 Å². The number of halogens is 1. The van der Waals surface area contributed by atoms with E-state index in [-0.39, 0.29) is 19.1 Å². The van der Waals surface area contributed by atoms with Crippen molar-refractivity contribution >= 4 is 46.1 Å². The summed E-state index contributed by atoms with van der Waals surface area (Å²) in [5.74, 6) is -0.182. The van der Waals surface area contributed by atoms with E-state index in [2.05, 4.69) is 10.3 Å². The number of nitrogens with zero attached hydrogens (tertiary/aromatic N) is 2. The van der Waals surface area contributed by atoms with E-state index in [9.17, 15) is 9.59 Å². The number of amidine groups is 1. The quantitative estimate of drug-likeness (QED) is 0.550. The van der Waals surface area contributed by atoms with Gasteiger partial charge in [0, 0.05) is 16.9 Å². The molecule has 0 bridgehead atoms. The molecule has 170 valence electrons. The number of thioether (sulfide) groups is 1. The molecule has 2 aromatic rings. The zero-order valence-corrected chi connectivity index (χ0v) is 19.7. The molecular weight excluding hydrogens is 462 g/mol. The summed E-state index contributed by atoms with van der Waals surface area (Å²) in [5, 5.41) is 6.07. The Morgan fingerprint density at radius 3 is 2.76 bits per heavy atom. The zero-order valence-electron chi connectivity index (χ0n) is 18.1. The highest BCUT2D eigenvalue weighted by Crippen LogP contribution is 2.41. The summed E-state index contributed by atoms with van der Waals surface area (Å²) < 4.78 is 11.0. The lowest BCUT2D eigenvalue weighted by molar-refractivity contribution is -0.139. The normalized spacial score (nSPS) is 16.9. The number of esters is 1. The minimum atomic E-state index is -0.408. The van der Waals surface area contributed by atoms with Crippen molar-refractivity contribution in [2.45, 2.75) is 19.9 Å². The second-order valence-corrected chi connectivity index (χ2v) is 8.55. The first-order valence-corrected chi connectivity index (χ1v) is 11.6. The Labute approximate surface area is 201 Å². The second-order valence-electron chi connectivity index (χ2n) is 7.24. The molecule has 33 heavy (non-hydrogen) atoms. The van der Waals surface area contributed by atoms with Gasteiger partial charge in [0.25, 0.3) is 5.91 Å². The fourth-order valence-corrected chi connectivity index (χ4v) is 4.47. The van der Waals surface area contributed by atoms with Gasteiger partial charge in [-0.2, -0.15) is 0 Å². The SMILES string of the molecule is CCOC(=O)C1=C(C)N=C2SC=CN2[C@H]1c1cccc(OCC(=O)Nc2ccc(Cl)cc2)c1. The van der Waals surface area contributed by atoms with Crippen LogP contribution < -0.4 is 10.1 Å². The summed E-state index contributed by atoms with van der Waals surface area (Å²) in [6.07, 6.45) is 1.90. The number of aliphatic imine (C=N–C) groups is 1. The van der Waals surface area contributed by atoms with Gasteiger partial charge in [0.2, 0.25) is 0 Å². The number of nitrogens with one attached hydrogen (secondary N) is 1. The summed E-state index contributed by atoms with van der Waals surface area (Å²) in [6, 6.07) is 13.8. The Morgan fingerprint density at radius 2 is 2.00 bits per heavy atom. The maximum Gasteiger partial charge on any atom is 0.338 e. The molecule has 0 aromatic heterocycles. The van der Waals surface area contributed by atoms with Gasteiger partial charge in [0.05, 0.1) is 23.9 Å². The van der Waals surface area contributed by atoms with Crippen LogP contribution in [0.3, 0.4) is 0 Å². The lowest BCUT2D eigenvalue weighted by Gasteiger charge is -2.33. The van der Waals surface area contributed by atoms with Gasteiger partial charge in [0.15, 0.2) is 11.8 Å². The maximum atomic E-state index is 12.8. The van der Waals surface area contributed by atoms with Gasteiger partial charge in [-0.1, -0.05) is 35.5 Å². The Kier molecular flexibility index (Phi) is 7.05. The number of amides is 1. The molecule has 0 unspecified atom stereocenters. The third-order valence-corrected chi connectivity index (χ3v) is 6.01. The topological polar surface area (TPSA) is 80.2 Å². The number of ether oxygens (including phenoxy) is 2. The molecule has 1 atom stereocenters. The van der Waals surface area contributed by atoms with Crippen LogP contribution in [-0.4, -0.2) is 35.2 Å². The molecule has 0 aliphatic carbocycles. The van der Waals surface area contributed by atoms with Gasteiger partial charge in [-0.25, -0.2) is 9.79 Å². The first-order valence-electron chi connectivity index (χ1n) is 10.3. The molecule has 1 N–H and O–H groups in total. The first-order chi connectivity index (χ1) is 16.0. The van der Waals surface area contributed by atoms with Crippen molar-refractivity contribution in [2.75, 3.05) is 18.5 Å². The number of anilines is 1. The molecule has 0 fully saturated rings. The van der Waals surface area contributed by atoms with Crippen molar-refractivity contribution < 1.29 is 19.1 Å². The van der Waals surface area contributed by atoms with Crippen molar-refractivity contribution in [2.24, 2.45) is 4.99 Å². The molecule has 7 nitrogen and oxygen atoms in total. The summed E-state index contributed by atoms with van der Waals surface area (Å²) in [6.45, 7) is 3.69. The average Bonchev–Trinajstić information content (AvgIpc) is 3.26. The number of fused-ring (bicyclic) bond motifs is 1. The molecule has 9 heteroatoms. The van der Waals surface area contributed by atoms with Crippen LogP contribution in [0.25, 0.3) is 0 Å². The number of carbonyl (C=O) groups excluding carboxylic acids is 2. The molecule has 0 saturated heterocycles. The van der Waals surface area contributed by atoms with Gasteiger partial charge >= 0.3 is 5.97 Å². The van der Waals surface area contributed by atoms with E-state index in [1.165, 1.54) is 11.8 Å². The van der Waals surface area contributed by atoms with Crippen LogP contribution in [0.1, 0.15) is 25.5 Å². The first kappa shape index (κ1) is 22.9. The lowest BCUT2D eigenvalue weighted by Crippen LogP contribution is -2.34. The summed E-state index contributed by atoms with van der Waals surface area (Å²) in [7, 11) is 0. The third-order valence-electron chi connectivity index (χ3n) is 4.99. The van der Waals surface area contributed by atoms with E-state index >= 15 is 0 Å². The van der Waals surface area contributed by atoms with Crippen molar-refractivity contribution in [3.8, 4) is 5.75 Å². The third kappa shape index (κ3) is 5.23. The van der Waals surface area contributed by atoms with Gasteiger partial charge < -0.3 is 19.7 Å². The second kappa shape index (κ2) is 10.1. The van der Waals surface area contributed by atoms with Crippen molar-refractivity contribution in [3.05, 3.63) is 82.0 Å². The molecule has 2 aliphatic rings. The molecule has 1 amide bonds. The number of hydrogen-bond acceptors (Lipinski definition) is 7. The van der Waals surface area contributed by atoms with Crippen LogP contribution in [0, 0.1) is 0 Å². The Bertz CT molecular complexity index is 1160. The van der Waals surface area contributed by atoms with E-state index in [0.29, 0.717) is 27.7 Å². The van der Waals surface area contributed by atoms with E-state index in [4.69, 9.17) is 21.1 Å². The number of carbonyl (C=O) groups is 2. The van der Waals surface area contributed by atoms with Crippen LogP contribution in [0.15, 0.2) is 76.4 Å². The fourth-order valence-electron chi connectivity index (χ4n) is 3.55. The summed E-state index contributed by atoms with van der Waals surface area (Å²) in [5.41, 5.74) is 2.56. The number of allylic oxidation sites excluding steroid dienone is 1. The van der Waals surface area contributed by atoms with E-state index in [1.54, 1.807) is 37.3 Å². The Morgan fingerprint density at radius 1 is 1.21 bits per heavy atom. The maximum absolute atomic E-state index is 12.8. The van der Waals surface area contributed by atoms with Gasteiger partial charge in [-0.05, 0) is 61.2 Å². The Hall–Kier alpha value is -3.23. The fraction of sp³-hybridized carbons (Fsp3) is 0.208. The number of rotatable bonds is 7. The van der Waals surface area contributed by atoms with Crippen molar-refractivity contribution in [3.63, 3.8) is 0 Å². The Balaban J connectivity index is 1.52. The minimum absolute atomic E-state index is 0.164. The highest BCUT2D eigenvalue weighted by molar-refractivity contribution is 8.16. The standard InChI is InChI=1S/C24H22ClN3O4S/c1-3-31-23(30)21-15(2)26-24-28(11-12-33-24)22(21)16-5-4-6-19(13-16)32-14-20(29)27-18-9-7-17(25)8-10-18/h4-13,22H,3,14H2,1-2H3,(H,27,29)/t22-/m0/s1. The molecular formula is C24H22ClN3O4S. The number of benzene rings is 2. The lowest BCUT2D eigenvalue weighted by atomic mass is 9.94. The predicted molar refractivity (Wildman–Crippen MR) is 130 cm³/mol. The highest BCUT2D eigenvalue weighted by Gasteiger charge is 2.37. The molecule has 2 aliphatic heterocycles. The zero-order chi connectivity index (χ0) is 23.4. The predicted octanol–water partition coefficient (Wildman–Crippen LogP) is 5.13. The van der Waals surface area contributed by atoms with Crippen LogP contribution in [-0.2, 0) is 14.3 Å². The smallest absolute Gasteiger partial charge is 0.338 e. The average molecular weight is 484 g/mol. The van der Waals surface area contributed by atoms with Crippen LogP contribution in [0.4, 0.5) is 5.69 Å². The van der Waals surface area contributed by atoms with Crippen LogP contribution in [0.5, 0.6) is 5.75 Å². The molecule has 2 heterocycles. The molecule has 0 radical (unpaired) electrons. The molecule has 2 aromatic carbocycles. The monoisotopic (exact) mass is 483 g/mol. The van der Waals surface area contributed by atoms with Crippen LogP contribution >= 0.6 is 23.4 Å². The molecule has 0 spiro atoms. The van der Waals surface area contributed by atoms with Crippen molar-refractivity contribution in [1.29, 1.82) is 0 Å². The van der Waals surface area contributed by atoms with Gasteiger partial charge in [0.1, 0.15) is 5.75 Å². The van der Waals surface area contributed by atoms with Crippen molar-refractivity contribution in [1.82, 2.24) is 4.90 Å². The van der Waals surface area contributed by atoms with E-state index in [0.717, 1.165) is 10.7 Å². The minimum Gasteiger partial charge on any atom is -0.484 e. The highest BCUT2D eigenvalue weighted by atomic mass is 35.5. The van der Waals surface area contributed by atoms with E-state index in [1.807, 2.05) is 41.6 Å². The summed E-state index contributed by atoms with van der Waals surface area (Å²) >= 11 is 7.36. The largest absolute Gasteiger partial charge is 0.484 e. The summed E-state index contributed by atoms with van der Waals surface area (Å²) in [4.78, 5) is 31.6.